The molecule has 3 rings (SSSR count). The van der Waals surface area contributed by atoms with Gasteiger partial charge in [0.05, 0.1) is 7.11 Å². The van der Waals surface area contributed by atoms with Gasteiger partial charge in [-0.2, -0.15) is 0 Å². The summed E-state index contributed by atoms with van der Waals surface area (Å²) in [4.78, 5) is 27.1. The Kier molecular flexibility index (Phi) is 6.07. The molecular formula is C23H25NO3. The molecule has 4 heteroatoms. The second-order valence-electron chi connectivity index (χ2n) is 6.89. The van der Waals surface area contributed by atoms with Gasteiger partial charge >= 0.3 is 0 Å². The smallest absolute Gasteiger partial charge is 0.246 e. The van der Waals surface area contributed by atoms with Crippen LogP contribution in [0.15, 0.2) is 60.7 Å². The van der Waals surface area contributed by atoms with Crippen molar-refractivity contribution in [2.45, 2.75) is 19.8 Å². The lowest BCUT2D eigenvalue weighted by Crippen LogP contribution is -2.39. The summed E-state index contributed by atoms with van der Waals surface area (Å²) in [5, 5.41) is 0. The minimum atomic E-state index is -0.0263. The van der Waals surface area contributed by atoms with E-state index in [0.717, 1.165) is 16.9 Å². The number of piperidine rings is 1. The van der Waals surface area contributed by atoms with Crippen LogP contribution in [0, 0.1) is 5.92 Å². The van der Waals surface area contributed by atoms with Crippen LogP contribution in [-0.4, -0.2) is 36.8 Å². The number of rotatable bonds is 5. The summed E-state index contributed by atoms with van der Waals surface area (Å²) in [6, 6.07) is 17.1. The fourth-order valence-corrected chi connectivity index (χ4v) is 3.41. The van der Waals surface area contributed by atoms with E-state index in [1.54, 1.807) is 13.2 Å². The zero-order valence-corrected chi connectivity index (χ0v) is 15.9. The predicted octanol–water partition coefficient (Wildman–Crippen LogP) is 4.22. The molecule has 1 aliphatic heterocycles. The minimum Gasteiger partial charge on any atom is -0.497 e. The Morgan fingerprint density at radius 3 is 2.19 bits per heavy atom. The summed E-state index contributed by atoms with van der Waals surface area (Å²) in [6.45, 7) is 3.18. The second-order valence-corrected chi connectivity index (χ2v) is 6.89. The maximum Gasteiger partial charge on any atom is 0.246 e. The van der Waals surface area contributed by atoms with Gasteiger partial charge in [-0.3, -0.25) is 9.59 Å². The topological polar surface area (TPSA) is 46.6 Å². The van der Waals surface area contributed by atoms with E-state index in [4.69, 9.17) is 4.74 Å². The van der Waals surface area contributed by atoms with Gasteiger partial charge in [0.2, 0.25) is 5.91 Å². The quantitative estimate of drug-likeness (QED) is 0.590. The van der Waals surface area contributed by atoms with Crippen molar-refractivity contribution >= 4 is 17.3 Å². The van der Waals surface area contributed by atoms with Crippen LogP contribution in [0.4, 0.5) is 0 Å². The SMILES string of the molecule is COc1ccc(C(=O)C2CCN(C(=O)/C=C(\C)c3ccccc3)CC2)cc1. The van der Waals surface area contributed by atoms with Gasteiger partial charge in [-0.05, 0) is 55.2 Å². The van der Waals surface area contributed by atoms with E-state index in [2.05, 4.69) is 0 Å². The third-order valence-corrected chi connectivity index (χ3v) is 5.12. The van der Waals surface area contributed by atoms with Crippen molar-refractivity contribution in [2.75, 3.05) is 20.2 Å². The Bertz CT molecular complexity index is 816. The normalized spacial score (nSPS) is 15.5. The third-order valence-electron chi connectivity index (χ3n) is 5.12. The monoisotopic (exact) mass is 363 g/mol. The summed E-state index contributed by atoms with van der Waals surface area (Å²) < 4.78 is 5.14. The average Bonchev–Trinajstić information content (AvgIpc) is 2.74. The van der Waals surface area contributed by atoms with E-state index in [0.29, 0.717) is 31.5 Å². The van der Waals surface area contributed by atoms with Gasteiger partial charge in [-0.1, -0.05) is 30.3 Å². The van der Waals surface area contributed by atoms with Crippen LogP contribution in [-0.2, 0) is 4.79 Å². The largest absolute Gasteiger partial charge is 0.497 e. The lowest BCUT2D eigenvalue weighted by atomic mass is 9.89. The van der Waals surface area contributed by atoms with Gasteiger partial charge in [0.15, 0.2) is 5.78 Å². The standard InChI is InChI=1S/C23H25NO3/c1-17(18-6-4-3-5-7-18)16-22(25)24-14-12-20(13-15-24)23(26)19-8-10-21(27-2)11-9-19/h3-11,16,20H,12-15H2,1-2H3/b17-16+. The van der Waals surface area contributed by atoms with E-state index in [1.807, 2.05) is 66.4 Å². The van der Waals surface area contributed by atoms with E-state index in [1.165, 1.54) is 0 Å². The van der Waals surface area contributed by atoms with Crippen LogP contribution in [0.25, 0.3) is 5.57 Å². The number of benzene rings is 2. The molecule has 0 N–H and O–H groups in total. The number of ketones is 1. The fourth-order valence-electron chi connectivity index (χ4n) is 3.41. The number of hydrogen-bond acceptors (Lipinski definition) is 3. The molecule has 0 radical (unpaired) electrons. The Hall–Kier alpha value is -2.88. The Labute approximate surface area is 160 Å². The highest BCUT2D eigenvalue weighted by Crippen LogP contribution is 2.24. The molecule has 0 unspecified atom stereocenters. The summed E-state index contributed by atoms with van der Waals surface area (Å²) >= 11 is 0. The summed E-state index contributed by atoms with van der Waals surface area (Å²) in [7, 11) is 1.61. The molecule has 1 aliphatic rings. The number of nitrogens with zero attached hydrogens (tertiary/aromatic N) is 1. The molecule has 0 spiro atoms. The van der Waals surface area contributed by atoms with Crippen molar-refractivity contribution < 1.29 is 14.3 Å². The highest BCUT2D eigenvalue weighted by molar-refractivity contribution is 5.98. The summed E-state index contributed by atoms with van der Waals surface area (Å²) in [5.41, 5.74) is 2.72. The lowest BCUT2D eigenvalue weighted by molar-refractivity contribution is -0.127. The maximum absolute atomic E-state index is 12.7. The molecule has 1 heterocycles. The zero-order chi connectivity index (χ0) is 19.2. The van der Waals surface area contributed by atoms with Crippen molar-refractivity contribution in [2.24, 2.45) is 5.92 Å². The summed E-state index contributed by atoms with van der Waals surface area (Å²) in [5.74, 6) is 0.890. The number of amides is 1. The highest BCUT2D eigenvalue weighted by Gasteiger charge is 2.27. The van der Waals surface area contributed by atoms with Gasteiger partial charge in [-0.25, -0.2) is 0 Å². The molecule has 140 valence electrons. The number of carbonyl (C=O) groups is 2. The van der Waals surface area contributed by atoms with Crippen LogP contribution in [0.2, 0.25) is 0 Å². The lowest BCUT2D eigenvalue weighted by Gasteiger charge is -2.30. The molecule has 0 aromatic heterocycles. The first-order chi connectivity index (χ1) is 13.1. The van der Waals surface area contributed by atoms with E-state index in [-0.39, 0.29) is 17.6 Å². The van der Waals surface area contributed by atoms with Crippen molar-refractivity contribution in [1.29, 1.82) is 0 Å². The van der Waals surface area contributed by atoms with Crippen LogP contribution >= 0.6 is 0 Å². The van der Waals surface area contributed by atoms with E-state index in [9.17, 15) is 9.59 Å². The van der Waals surface area contributed by atoms with Crippen LogP contribution < -0.4 is 4.74 Å². The summed E-state index contributed by atoms with van der Waals surface area (Å²) in [6.07, 6.45) is 3.10. The number of likely N-dealkylation sites (tertiary alicyclic amines) is 1. The Balaban J connectivity index is 1.58. The molecule has 2 aromatic carbocycles. The fraction of sp³-hybridized carbons (Fsp3) is 0.304. The molecule has 4 nitrogen and oxygen atoms in total. The highest BCUT2D eigenvalue weighted by atomic mass is 16.5. The number of allylic oxidation sites excluding steroid dienone is 1. The molecule has 1 saturated heterocycles. The first-order valence-electron chi connectivity index (χ1n) is 9.29. The maximum atomic E-state index is 12.7. The molecular weight excluding hydrogens is 338 g/mol. The van der Waals surface area contributed by atoms with Crippen molar-refractivity contribution in [3.63, 3.8) is 0 Å². The number of ether oxygens (including phenoxy) is 1. The van der Waals surface area contributed by atoms with E-state index >= 15 is 0 Å². The molecule has 1 fully saturated rings. The van der Waals surface area contributed by atoms with Crippen LogP contribution in [0.3, 0.4) is 0 Å². The van der Waals surface area contributed by atoms with E-state index < -0.39 is 0 Å². The van der Waals surface area contributed by atoms with Gasteiger partial charge in [0.1, 0.15) is 5.75 Å². The number of methoxy groups -OCH3 is 1. The third kappa shape index (κ3) is 4.64. The molecule has 0 saturated carbocycles. The van der Waals surface area contributed by atoms with Gasteiger partial charge < -0.3 is 9.64 Å². The van der Waals surface area contributed by atoms with Crippen LogP contribution in [0.5, 0.6) is 5.75 Å². The molecule has 0 bridgehead atoms. The minimum absolute atomic E-state index is 0.0201. The second kappa shape index (κ2) is 8.67. The van der Waals surface area contributed by atoms with Crippen LogP contribution in [0.1, 0.15) is 35.7 Å². The van der Waals surface area contributed by atoms with Gasteiger partial charge in [0, 0.05) is 30.6 Å². The first-order valence-corrected chi connectivity index (χ1v) is 9.29. The van der Waals surface area contributed by atoms with Crippen molar-refractivity contribution in [3.8, 4) is 5.75 Å². The van der Waals surface area contributed by atoms with Crippen molar-refractivity contribution in [1.82, 2.24) is 4.90 Å². The Morgan fingerprint density at radius 2 is 1.59 bits per heavy atom. The molecule has 0 atom stereocenters. The average molecular weight is 363 g/mol. The number of carbonyl (C=O) groups excluding carboxylic acids is 2. The zero-order valence-electron chi connectivity index (χ0n) is 15.9. The van der Waals surface area contributed by atoms with Crippen molar-refractivity contribution in [3.05, 3.63) is 71.8 Å². The van der Waals surface area contributed by atoms with Gasteiger partial charge in [-0.15, -0.1) is 0 Å². The van der Waals surface area contributed by atoms with Gasteiger partial charge in [0.25, 0.3) is 0 Å². The first kappa shape index (κ1) is 18.9. The molecule has 0 aliphatic carbocycles. The molecule has 1 amide bonds. The number of hydrogen-bond donors (Lipinski definition) is 0. The molecule has 2 aromatic rings. The number of Topliss-reactive ketones (excluding diaryl/α,β-unsaturated/α-hetero) is 1. The molecule has 27 heavy (non-hydrogen) atoms. The Morgan fingerprint density at radius 1 is 0.963 bits per heavy atom. The predicted molar refractivity (Wildman–Crippen MR) is 107 cm³/mol.